The van der Waals surface area contributed by atoms with Crippen LogP contribution in [0.2, 0.25) is 5.02 Å². The highest BCUT2D eigenvalue weighted by molar-refractivity contribution is 7.22. The molecule has 0 spiro atoms. The number of rotatable bonds is 7. The number of carbonyl (C=O) groups excluding carboxylic acids is 1. The number of carboxylic acids is 1. The summed E-state index contributed by atoms with van der Waals surface area (Å²) in [6, 6.07) is 11.9. The summed E-state index contributed by atoms with van der Waals surface area (Å²) in [6.45, 7) is 16.4. The molecule has 7 rings (SSSR count). The van der Waals surface area contributed by atoms with E-state index in [0.29, 0.717) is 29.7 Å². The molecule has 0 saturated carbocycles. The van der Waals surface area contributed by atoms with E-state index in [9.17, 15) is 14.7 Å². The highest BCUT2D eigenvalue weighted by atomic mass is 35.5. The van der Waals surface area contributed by atoms with E-state index in [1.807, 2.05) is 96.7 Å². The highest BCUT2D eigenvalue weighted by Crippen LogP contribution is 2.45. The van der Waals surface area contributed by atoms with E-state index in [-0.39, 0.29) is 12.0 Å². The van der Waals surface area contributed by atoms with Gasteiger partial charge in [0.05, 0.1) is 21.5 Å². The van der Waals surface area contributed by atoms with Crippen LogP contribution in [0.4, 0.5) is 4.79 Å². The summed E-state index contributed by atoms with van der Waals surface area (Å²) in [5.41, 5.74) is 5.33. The number of likely N-dealkylation sites (tertiary alicyclic amines) is 2. The van der Waals surface area contributed by atoms with Gasteiger partial charge >= 0.3 is 12.1 Å². The quantitative estimate of drug-likeness (QED) is 0.174. The lowest BCUT2D eigenvalue weighted by Crippen LogP contribution is -2.62. The van der Waals surface area contributed by atoms with Gasteiger partial charge in [0.1, 0.15) is 10.6 Å². The minimum Gasteiger partial charge on any atom is -0.479 e. The van der Waals surface area contributed by atoms with Gasteiger partial charge in [-0.3, -0.25) is 9.58 Å². The molecule has 1 N–H and O–H groups in total. The third-order valence-electron chi connectivity index (χ3n) is 9.92. The first-order chi connectivity index (χ1) is 25.0. The lowest BCUT2D eigenvalue weighted by Gasteiger charge is -2.47. The Morgan fingerprint density at radius 1 is 1.00 bits per heavy atom. The van der Waals surface area contributed by atoms with E-state index < -0.39 is 23.3 Å². The molecule has 2 aliphatic heterocycles. The Morgan fingerprint density at radius 3 is 2.30 bits per heavy atom. The molecule has 0 bridgehead atoms. The van der Waals surface area contributed by atoms with Crippen LogP contribution < -0.4 is 0 Å². The number of aryl methyl sites for hydroxylation is 2. The first-order valence-corrected chi connectivity index (χ1v) is 19.3. The van der Waals surface area contributed by atoms with Crippen molar-refractivity contribution in [2.75, 3.05) is 26.2 Å². The van der Waals surface area contributed by atoms with Gasteiger partial charge in [0, 0.05) is 65.4 Å². The topological polar surface area (TPSA) is 123 Å². The summed E-state index contributed by atoms with van der Waals surface area (Å²) < 4.78 is 14.5. The number of thiazole rings is 1. The number of fused-ring (bicyclic) bond motifs is 2. The van der Waals surface area contributed by atoms with E-state index in [1.165, 1.54) is 11.3 Å². The van der Waals surface area contributed by atoms with Crippen molar-refractivity contribution in [3.63, 3.8) is 0 Å². The van der Waals surface area contributed by atoms with Gasteiger partial charge in [0.2, 0.25) is 0 Å². The van der Waals surface area contributed by atoms with Crippen LogP contribution in [-0.4, -0.2) is 90.1 Å². The van der Waals surface area contributed by atoms with Crippen LogP contribution in [0.5, 0.6) is 0 Å². The normalized spacial score (nSPS) is 17.0. The number of pyridine rings is 1. The van der Waals surface area contributed by atoms with Crippen molar-refractivity contribution >= 4 is 56.3 Å². The maximum atomic E-state index is 12.8. The van der Waals surface area contributed by atoms with E-state index in [2.05, 4.69) is 11.0 Å². The fourth-order valence-electron chi connectivity index (χ4n) is 7.45. The minimum absolute atomic E-state index is 0.240. The van der Waals surface area contributed by atoms with Gasteiger partial charge in [-0.2, -0.15) is 5.10 Å². The molecule has 2 aromatic carbocycles. The Hall–Kier alpha value is -4.10. The van der Waals surface area contributed by atoms with Crippen LogP contribution >= 0.6 is 22.9 Å². The SMILES string of the molecule is Cc1cc2nc(-c3cnc4c(c3)c(C3CCN(C5CN(C(=O)OC(C)(C)C)C5)CC3)nn4C)sc2c(-c2ccc(Cl)cc2)c1[C@H](OC(C)(C)C)C(=O)O. The van der Waals surface area contributed by atoms with Crippen molar-refractivity contribution < 1.29 is 24.2 Å². The molecule has 280 valence electrons. The molecule has 13 heteroatoms. The summed E-state index contributed by atoms with van der Waals surface area (Å²) in [5.74, 6) is -0.774. The highest BCUT2D eigenvalue weighted by Gasteiger charge is 2.39. The van der Waals surface area contributed by atoms with Crippen LogP contribution in [0.15, 0.2) is 42.6 Å². The first kappa shape index (κ1) is 37.2. The minimum atomic E-state index is -1.19. The molecule has 3 aromatic heterocycles. The predicted octanol–water partition coefficient (Wildman–Crippen LogP) is 8.61. The number of halogens is 1. The second kappa shape index (κ2) is 14.0. The Balaban J connectivity index is 1.19. The second-order valence-electron chi connectivity index (χ2n) is 16.3. The molecular formula is C40H47ClN6O5S. The van der Waals surface area contributed by atoms with Crippen molar-refractivity contribution in [1.29, 1.82) is 0 Å². The van der Waals surface area contributed by atoms with Gasteiger partial charge in [0.15, 0.2) is 11.8 Å². The summed E-state index contributed by atoms with van der Waals surface area (Å²) in [4.78, 5) is 39.5. The molecule has 0 radical (unpaired) electrons. The summed E-state index contributed by atoms with van der Waals surface area (Å²) in [6.07, 6.45) is 2.35. The second-order valence-corrected chi connectivity index (χ2v) is 17.7. The zero-order valence-electron chi connectivity index (χ0n) is 31.6. The van der Waals surface area contributed by atoms with Gasteiger partial charge in [-0.25, -0.2) is 19.6 Å². The van der Waals surface area contributed by atoms with Gasteiger partial charge in [-0.05, 0) is 110 Å². The monoisotopic (exact) mass is 758 g/mol. The first-order valence-electron chi connectivity index (χ1n) is 18.1. The predicted molar refractivity (Wildman–Crippen MR) is 209 cm³/mol. The van der Waals surface area contributed by atoms with Crippen molar-refractivity contribution in [3.05, 3.63) is 64.4 Å². The molecule has 0 unspecified atom stereocenters. The number of benzene rings is 2. The van der Waals surface area contributed by atoms with Crippen molar-refractivity contribution in [2.45, 2.75) is 90.6 Å². The molecule has 11 nitrogen and oxygen atoms in total. The Labute approximate surface area is 318 Å². The number of aliphatic carboxylic acids is 1. The number of hydrogen-bond acceptors (Lipinski definition) is 9. The van der Waals surface area contributed by atoms with E-state index in [0.717, 1.165) is 80.1 Å². The van der Waals surface area contributed by atoms with Gasteiger partial charge in [-0.15, -0.1) is 11.3 Å². The average Bonchev–Trinajstić information content (AvgIpc) is 3.62. The van der Waals surface area contributed by atoms with Crippen LogP contribution in [0.1, 0.15) is 83.2 Å². The number of hydrogen-bond donors (Lipinski definition) is 1. The lowest BCUT2D eigenvalue weighted by molar-refractivity contribution is -0.160. The zero-order valence-corrected chi connectivity index (χ0v) is 33.1. The van der Waals surface area contributed by atoms with Crippen LogP contribution in [0, 0.1) is 6.92 Å². The van der Waals surface area contributed by atoms with Gasteiger partial charge in [-0.1, -0.05) is 23.7 Å². The molecule has 2 saturated heterocycles. The van der Waals surface area contributed by atoms with E-state index in [4.69, 9.17) is 36.1 Å². The average molecular weight is 759 g/mol. The fraction of sp³-hybridized carbons (Fsp3) is 0.475. The van der Waals surface area contributed by atoms with E-state index >= 15 is 0 Å². The molecule has 0 aliphatic carbocycles. The zero-order chi connectivity index (χ0) is 38.0. The van der Waals surface area contributed by atoms with E-state index in [1.54, 1.807) is 4.90 Å². The molecular weight excluding hydrogens is 712 g/mol. The lowest BCUT2D eigenvalue weighted by atomic mass is 9.90. The molecule has 2 aliphatic rings. The van der Waals surface area contributed by atoms with Gasteiger partial charge < -0.3 is 19.5 Å². The largest absolute Gasteiger partial charge is 0.479 e. The molecule has 2 fully saturated rings. The number of piperidine rings is 1. The maximum absolute atomic E-state index is 12.8. The number of nitrogens with zero attached hydrogens (tertiary/aromatic N) is 6. The van der Waals surface area contributed by atoms with Gasteiger partial charge in [0.25, 0.3) is 0 Å². The molecule has 5 heterocycles. The Kier molecular flexibility index (Phi) is 9.80. The van der Waals surface area contributed by atoms with Crippen LogP contribution in [0.25, 0.3) is 42.9 Å². The standard InChI is InChI=1S/C40H47ClN6O5S/c1-22-17-29-34(31(23-9-11-26(41)12-10-23)30(22)33(37(48)49)51-39(2,3)4)53-36(43-29)25-18-28-32(44-45(8)35(28)42-19-25)24-13-15-46(16-14-24)27-20-47(21-27)38(50)52-40(5,6)7/h9-12,17-19,24,27,33H,13-16,20-21H2,1-8H3,(H,48,49)/t33-/m0/s1. The Morgan fingerprint density at radius 2 is 1.68 bits per heavy atom. The van der Waals surface area contributed by atoms with Crippen molar-refractivity contribution in [3.8, 4) is 21.7 Å². The van der Waals surface area contributed by atoms with Crippen molar-refractivity contribution in [1.82, 2.24) is 29.5 Å². The fourth-order valence-corrected chi connectivity index (χ4v) is 8.68. The number of ether oxygens (including phenoxy) is 2. The third kappa shape index (κ3) is 7.64. The Bertz CT molecular complexity index is 2190. The van der Waals surface area contributed by atoms with Crippen LogP contribution in [0.3, 0.4) is 0 Å². The third-order valence-corrected chi connectivity index (χ3v) is 11.3. The molecule has 1 atom stereocenters. The smallest absolute Gasteiger partial charge is 0.410 e. The number of carboxylic acid groups (broad SMARTS) is 1. The number of amides is 1. The van der Waals surface area contributed by atoms with Crippen molar-refractivity contribution in [2.24, 2.45) is 7.05 Å². The number of carbonyl (C=O) groups is 2. The summed E-state index contributed by atoms with van der Waals surface area (Å²) >= 11 is 7.81. The molecule has 5 aromatic rings. The molecule has 53 heavy (non-hydrogen) atoms. The van der Waals surface area contributed by atoms with Crippen LogP contribution in [-0.2, 0) is 21.3 Å². The molecule has 1 amide bonds. The summed E-state index contributed by atoms with van der Waals surface area (Å²) in [5, 5.41) is 17.8. The maximum Gasteiger partial charge on any atom is 0.410 e. The number of aromatic nitrogens is 4. The summed E-state index contributed by atoms with van der Waals surface area (Å²) in [7, 11) is 1.94.